The number of alkyl halides is 2. The van der Waals surface area contributed by atoms with Crippen LogP contribution < -0.4 is 14.8 Å². The van der Waals surface area contributed by atoms with Crippen LogP contribution >= 0.6 is 11.6 Å². The second kappa shape index (κ2) is 7.78. The summed E-state index contributed by atoms with van der Waals surface area (Å²) < 4.78 is 34.3. The first-order chi connectivity index (χ1) is 11.0. The topological polar surface area (TPSA) is 47.6 Å². The molecule has 23 heavy (non-hydrogen) atoms. The number of carbonyl (C=O) groups excluding carboxylic acids is 1. The molecule has 122 valence electrons. The molecule has 0 heterocycles. The Morgan fingerprint density at radius 1 is 1.26 bits per heavy atom. The van der Waals surface area contributed by atoms with Crippen LogP contribution in [0.2, 0.25) is 5.02 Å². The predicted octanol–water partition coefficient (Wildman–Crippen LogP) is 4.27. The van der Waals surface area contributed by atoms with Crippen molar-refractivity contribution in [2.45, 2.75) is 13.5 Å². The summed E-state index contributed by atoms with van der Waals surface area (Å²) >= 11 is 5.90. The van der Waals surface area contributed by atoms with Gasteiger partial charge in [0, 0.05) is 5.02 Å². The lowest BCUT2D eigenvalue weighted by Gasteiger charge is -2.12. The van der Waals surface area contributed by atoms with E-state index < -0.39 is 12.5 Å². The summed E-state index contributed by atoms with van der Waals surface area (Å²) in [5.74, 6) is -0.125. The van der Waals surface area contributed by atoms with Gasteiger partial charge >= 0.3 is 6.61 Å². The molecule has 4 nitrogen and oxygen atoms in total. The van der Waals surface area contributed by atoms with Gasteiger partial charge in [-0.3, -0.25) is 4.79 Å². The molecule has 0 aliphatic carbocycles. The maximum Gasteiger partial charge on any atom is 0.387 e. The van der Waals surface area contributed by atoms with Crippen molar-refractivity contribution >= 4 is 23.2 Å². The molecule has 0 bridgehead atoms. The Morgan fingerprint density at radius 2 is 2.00 bits per heavy atom. The van der Waals surface area contributed by atoms with Gasteiger partial charge in [-0.25, -0.2) is 0 Å². The zero-order chi connectivity index (χ0) is 16.8. The zero-order valence-corrected chi connectivity index (χ0v) is 12.9. The molecular weight excluding hydrogens is 328 g/mol. The average Bonchev–Trinajstić information content (AvgIpc) is 2.50. The molecule has 1 N–H and O–H groups in total. The third-order valence-corrected chi connectivity index (χ3v) is 3.30. The van der Waals surface area contributed by atoms with Gasteiger partial charge in [-0.15, -0.1) is 0 Å². The molecule has 0 atom stereocenters. The Bertz CT molecular complexity index is 695. The predicted molar refractivity (Wildman–Crippen MR) is 83.4 cm³/mol. The van der Waals surface area contributed by atoms with Crippen molar-refractivity contribution in [3.63, 3.8) is 0 Å². The van der Waals surface area contributed by atoms with Gasteiger partial charge in [0.2, 0.25) is 0 Å². The Labute approximate surface area is 137 Å². The molecule has 2 rings (SSSR count). The third-order valence-electron chi connectivity index (χ3n) is 2.88. The first-order valence-electron chi connectivity index (χ1n) is 6.68. The van der Waals surface area contributed by atoms with Crippen LogP contribution in [-0.2, 0) is 4.79 Å². The molecule has 0 radical (unpaired) electrons. The molecule has 0 saturated carbocycles. The smallest absolute Gasteiger partial charge is 0.387 e. The van der Waals surface area contributed by atoms with E-state index in [4.69, 9.17) is 16.3 Å². The zero-order valence-electron chi connectivity index (χ0n) is 12.2. The van der Waals surface area contributed by atoms with E-state index in [2.05, 4.69) is 10.1 Å². The average molecular weight is 342 g/mol. The standard InChI is InChI=1S/C16H14ClF2NO3/c1-10-8-11(6-7-12(10)17)22-9-15(21)20-13-4-2-3-5-14(13)23-16(18)19/h2-8,16H,9H2,1H3,(H,20,21). The molecule has 2 aromatic carbocycles. The summed E-state index contributed by atoms with van der Waals surface area (Å²) in [7, 11) is 0. The van der Waals surface area contributed by atoms with Gasteiger partial charge in [-0.05, 0) is 42.8 Å². The molecule has 0 saturated heterocycles. The van der Waals surface area contributed by atoms with Crippen molar-refractivity contribution in [2.24, 2.45) is 0 Å². The first-order valence-corrected chi connectivity index (χ1v) is 7.06. The minimum atomic E-state index is -2.97. The lowest BCUT2D eigenvalue weighted by atomic mass is 10.2. The van der Waals surface area contributed by atoms with Crippen molar-refractivity contribution in [2.75, 3.05) is 11.9 Å². The summed E-state index contributed by atoms with van der Waals surface area (Å²) in [5.41, 5.74) is 0.967. The van der Waals surface area contributed by atoms with Gasteiger partial charge < -0.3 is 14.8 Å². The van der Waals surface area contributed by atoms with Gasteiger partial charge in [0.25, 0.3) is 5.91 Å². The van der Waals surface area contributed by atoms with E-state index in [1.54, 1.807) is 24.3 Å². The highest BCUT2D eigenvalue weighted by Crippen LogP contribution is 2.25. The summed E-state index contributed by atoms with van der Waals surface area (Å²) in [6, 6.07) is 10.9. The van der Waals surface area contributed by atoms with Crippen LogP contribution in [0, 0.1) is 6.92 Å². The normalized spacial score (nSPS) is 10.5. The summed E-state index contributed by atoms with van der Waals surface area (Å²) in [4.78, 5) is 11.9. The van der Waals surface area contributed by atoms with Gasteiger partial charge in [0.1, 0.15) is 11.5 Å². The molecule has 0 spiro atoms. The number of aryl methyl sites for hydroxylation is 1. The van der Waals surface area contributed by atoms with E-state index in [1.165, 1.54) is 18.2 Å². The van der Waals surface area contributed by atoms with Crippen LogP contribution in [0.5, 0.6) is 11.5 Å². The van der Waals surface area contributed by atoms with Crippen LogP contribution in [-0.4, -0.2) is 19.1 Å². The Kier molecular flexibility index (Phi) is 5.76. The van der Waals surface area contributed by atoms with Crippen LogP contribution in [0.25, 0.3) is 0 Å². The van der Waals surface area contributed by atoms with Gasteiger partial charge in [0.05, 0.1) is 5.69 Å². The highest BCUT2D eigenvalue weighted by molar-refractivity contribution is 6.31. The van der Waals surface area contributed by atoms with E-state index in [-0.39, 0.29) is 18.0 Å². The molecular formula is C16H14ClF2NO3. The largest absolute Gasteiger partial charge is 0.484 e. The molecule has 2 aromatic rings. The maximum absolute atomic E-state index is 12.3. The molecule has 0 aliphatic rings. The monoisotopic (exact) mass is 341 g/mol. The van der Waals surface area contributed by atoms with Crippen LogP contribution in [0.1, 0.15) is 5.56 Å². The van der Waals surface area contributed by atoms with Gasteiger partial charge in [-0.1, -0.05) is 23.7 Å². The van der Waals surface area contributed by atoms with Crippen molar-refractivity contribution in [3.8, 4) is 11.5 Å². The first kappa shape index (κ1) is 17.0. The number of nitrogens with one attached hydrogen (secondary N) is 1. The van der Waals surface area contributed by atoms with Crippen molar-refractivity contribution in [3.05, 3.63) is 53.1 Å². The SMILES string of the molecule is Cc1cc(OCC(=O)Nc2ccccc2OC(F)F)ccc1Cl. The van der Waals surface area contributed by atoms with Crippen molar-refractivity contribution in [1.29, 1.82) is 0 Å². The Balaban J connectivity index is 1.96. The van der Waals surface area contributed by atoms with Crippen LogP contribution in [0.15, 0.2) is 42.5 Å². The van der Waals surface area contributed by atoms with Gasteiger partial charge in [-0.2, -0.15) is 8.78 Å². The lowest BCUT2D eigenvalue weighted by Crippen LogP contribution is -2.21. The fourth-order valence-corrected chi connectivity index (χ4v) is 1.93. The van der Waals surface area contributed by atoms with E-state index in [9.17, 15) is 13.6 Å². The molecule has 1 amide bonds. The lowest BCUT2D eigenvalue weighted by molar-refractivity contribution is -0.118. The summed E-state index contributed by atoms with van der Waals surface area (Å²) in [6.07, 6.45) is 0. The van der Waals surface area contributed by atoms with Crippen LogP contribution in [0.3, 0.4) is 0 Å². The molecule has 0 aromatic heterocycles. The number of ether oxygens (including phenoxy) is 2. The highest BCUT2D eigenvalue weighted by atomic mass is 35.5. The second-order valence-electron chi connectivity index (χ2n) is 4.62. The van der Waals surface area contributed by atoms with E-state index in [0.717, 1.165) is 5.56 Å². The van der Waals surface area contributed by atoms with E-state index in [0.29, 0.717) is 10.8 Å². The number of carbonyl (C=O) groups is 1. The number of anilines is 1. The number of hydrogen-bond acceptors (Lipinski definition) is 3. The van der Waals surface area contributed by atoms with Gasteiger partial charge in [0.15, 0.2) is 6.61 Å². The maximum atomic E-state index is 12.3. The number of rotatable bonds is 6. The molecule has 7 heteroatoms. The quantitative estimate of drug-likeness (QED) is 0.853. The molecule has 0 fully saturated rings. The van der Waals surface area contributed by atoms with E-state index in [1.807, 2.05) is 6.92 Å². The summed E-state index contributed by atoms with van der Waals surface area (Å²) in [5, 5.41) is 3.06. The van der Waals surface area contributed by atoms with Crippen molar-refractivity contribution < 1.29 is 23.0 Å². The Morgan fingerprint density at radius 3 is 2.70 bits per heavy atom. The summed E-state index contributed by atoms with van der Waals surface area (Å²) in [6.45, 7) is -1.43. The number of amides is 1. The molecule has 0 aliphatic heterocycles. The minimum Gasteiger partial charge on any atom is -0.484 e. The fourth-order valence-electron chi connectivity index (χ4n) is 1.81. The van der Waals surface area contributed by atoms with Crippen LogP contribution in [0.4, 0.5) is 14.5 Å². The number of hydrogen-bond donors (Lipinski definition) is 1. The Hall–Kier alpha value is -2.34. The highest BCUT2D eigenvalue weighted by Gasteiger charge is 2.12. The van der Waals surface area contributed by atoms with Crippen molar-refractivity contribution in [1.82, 2.24) is 0 Å². The van der Waals surface area contributed by atoms with E-state index >= 15 is 0 Å². The third kappa shape index (κ3) is 5.10. The molecule has 0 unspecified atom stereocenters. The number of para-hydroxylation sites is 2. The second-order valence-corrected chi connectivity index (χ2v) is 5.03. The number of halogens is 3. The number of benzene rings is 2. The minimum absolute atomic E-state index is 0.113. The fraction of sp³-hybridized carbons (Fsp3) is 0.188.